The Morgan fingerprint density at radius 2 is 1.73 bits per heavy atom. The average Bonchev–Trinajstić information content (AvgIpc) is 3.61. The molecule has 2 aliphatic rings. The molecule has 0 saturated heterocycles. The van der Waals surface area contributed by atoms with E-state index < -0.39 is 0 Å². The highest BCUT2D eigenvalue weighted by Gasteiger charge is 2.28. The summed E-state index contributed by atoms with van der Waals surface area (Å²) in [6, 6.07) is 9.76. The smallest absolute Gasteiger partial charge is 0.267 e. The van der Waals surface area contributed by atoms with Gasteiger partial charge >= 0.3 is 0 Å². The number of nitrogens with one attached hydrogen (secondary N) is 1. The zero-order valence-electron chi connectivity index (χ0n) is 17.2. The van der Waals surface area contributed by atoms with Crippen molar-refractivity contribution in [2.45, 2.75) is 63.5 Å². The molecule has 0 amide bonds. The molecule has 0 aliphatic heterocycles. The fraction of sp³-hybridized carbons (Fsp3) is 0.435. The number of anilines is 1. The van der Waals surface area contributed by atoms with Crippen molar-refractivity contribution in [3.63, 3.8) is 0 Å². The van der Waals surface area contributed by atoms with Crippen LogP contribution in [-0.2, 0) is 0 Å². The van der Waals surface area contributed by atoms with Crippen LogP contribution < -0.4 is 10.9 Å². The van der Waals surface area contributed by atoms with E-state index in [9.17, 15) is 4.79 Å². The lowest BCUT2D eigenvalue weighted by Crippen LogP contribution is -2.33. The van der Waals surface area contributed by atoms with E-state index in [4.69, 9.17) is 4.98 Å². The van der Waals surface area contributed by atoms with Crippen LogP contribution >= 0.6 is 0 Å². The quantitative estimate of drug-likeness (QED) is 0.697. The maximum Gasteiger partial charge on any atom is 0.267 e. The number of hydrogen-bond acceptors (Lipinski definition) is 6. The molecule has 3 aromatic heterocycles. The molecule has 2 aliphatic carbocycles. The van der Waals surface area contributed by atoms with Crippen molar-refractivity contribution in [1.82, 2.24) is 24.7 Å². The van der Waals surface area contributed by atoms with Crippen LogP contribution in [0.25, 0.3) is 11.3 Å². The van der Waals surface area contributed by atoms with E-state index in [2.05, 4.69) is 20.4 Å². The highest BCUT2D eigenvalue weighted by atomic mass is 16.1. The molecule has 0 atom stereocenters. The Kier molecular flexibility index (Phi) is 5.02. The summed E-state index contributed by atoms with van der Waals surface area (Å²) in [6.45, 7) is 2.03. The molecule has 0 radical (unpaired) electrons. The summed E-state index contributed by atoms with van der Waals surface area (Å²) in [5.74, 6) is 2.46. The van der Waals surface area contributed by atoms with Crippen molar-refractivity contribution < 1.29 is 0 Å². The lowest BCUT2D eigenvalue weighted by molar-refractivity contribution is 0.304. The lowest BCUT2D eigenvalue weighted by Gasteiger charge is -2.30. The lowest BCUT2D eigenvalue weighted by atomic mass is 9.91. The first kappa shape index (κ1) is 18.9. The number of aromatic nitrogens is 5. The van der Waals surface area contributed by atoms with Crippen LogP contribution in [0.3, 0.4) is 0 Å². The summed E-state index contributed by atoms with van der Waals surface area (Å²) < 4.78 is 1.67. The van der Waals surface area contributed by atoms with E-state index in [-0.39, 0.29) is 11.6 Å². The van der Waals surface area contributed by atoms with Crippen LogP contribution in [0.1, 0.15) is 62.0 Å². The highest BCUT2D eigenvalue weighted by Crippen LogP contribution is 2.38. The molecule has 5 rings (SSSR count). The van der Waals surface area contributed by atoms with E-state index >= 15 is 0 Å². The number of nitrogens with zero attached hydrogens (tertiary/aromatic N) is 5. The van der Waals surface area contributed by atoms with Gasteiger partial charge in [-0.15, -0.1) is 0 Å². The van der Waals surface area contributed by atoms with Gasteiger partial charge in [0.05, 0.1) is 11.7 Å². The van der Waals surface area contributed by atoms with Gasteiger partial charge in [0.1, 0.15) is 11.6 Å². The highest BCUT2D eigenvalue weighted by molar-refractivity contribution is 5.57. The van der Waals surface area contributed by atoms with Gasteiger partial charge in [0.15, 0.2) is 0 Å². The third-order valence-corrected chi connectivity index (χ3v) is 6.01. The van der Waals surface area contributed by atoms with Crippen LogP contribution in [0.15, 0.2) is 47.5 Å². The Balaban J connectivity index is 1.27. The van der Waals surface area contributed by atoms with E-state index in [1.165, 1.54) is 12.8 Å². The van der Waals surface area contributed by atoms with Crippen molar-refractivity contribution in [3.05, 3.63) is 64.6 Å². The third-order valence-electron chi connectivity index (χ3n) is 6.01. The molecule has 1 N–H and O–H groups in total. The molecular weight excluding hydrogens is 376 g/mol. The number of hydrogen-bond donors (Lipinski definition) is 1. The maximum absolute atomic E-state index is 12.5. The predicted octanol–water partition coefficient (Wildman–Crippen LogP) is 3.88. The van der Waals surface area contributed by atoms with Gasteiger partial charge < -0.3 is 5.32 Å². The van der Waals surface area contributed by atoms with Gasteiger partial charge in [-0.05, 0) is 63.6 Å². The summed E-state index contributed by atoms with van der Waals surface area (Å²) >= 11 is 0. The summed E-state index contributed by atoms with van der Waals surface area (Å²) in [4.78, 5) is 25.8. The molecule has 3 heterocycles. The summed E-state index contributed by atoms with van der Waals surface area (Å²) in [5, 5.41) is 8.26. The second-order valence-corrected chi connectivity index (χ2v) is 8.41. The van der Waals surface area contributed by atoms with E-state index in [0.717, 1.165) is 54.3 Å². The molecule has 2 fully saturated rings. The van der Waals surface area contributed by atoms with E-state index in [1.54, 1.807) is 29.2 Å². The molecule has 3 aromatic rings. The monoisotopic (exact) mass is 402 g/mol. The largest absolute Gasteiger partial charge is 0.367 e. The van der Waals surface area contributed by atoms with Gasteiger partial charge in [-0.3, -0.25) is 9.78 Å². The molecule has 2 saturated carbocycles. The minimum absolute atomic E-state index is 0.0373. The van der Waals surface area contributed by atoms with Crippen molar-refractivity contribution in [2.24, 2.45) is 0 Å². The van der Waals surface area contributed by atoms with Gasteiger partial charge in [0.25, 0.3) is 5.56 Å². The van der Waals surface area contributed by atoms with E-state index in [0.29, 0.717) is 12.0 Å². The first-order valence-electron chi connectivity index (χ1n) is 10.8. The number of rotatable bonds is 5. The van der Waals surface area contributed by atoms with Crippen molar-refractivity contribution in [1.29, 1.82) is 0 Å². The van der Waals surface area contributed by atoms with Gasteiger partial charge in [-0.1, -0.05) is 0 Å². The molecule has 0 bridgehead atoms. The zero-order valence-corrected chi connectivity index (χ0v) is 17.2. The van der Waals surface area contributed by atoms with Crippen LogP contribution in [-0.4, -0.2) is 30.8 Å². The number of aryl methyl sites for hydroxylation is 1. The van der Waals surface area contributed by atoms with Gasteiger partial charge in [0.2, 0.25) is 0 Å². The van der Waals surface area contributed by atoms with Gasteiger partial charge in [-0.2, -0.15) is 5.10 Å². The summed E-state index contributed by atoms with van der Waals surface area (Å²) in [6.07, 6.45) is 9.70. The second kappa shape index (κ2) is 7.97. The molecule has 0 aromatic carbocycles. The molecule has 7 heteroatoms. The minimum Gasteiger partial charge on any atom is -0.367 e. The summed E-state index contributed by atoms with van der Waals surface area (Å²) in [5.41, 5.74) is 2.76. The molecule has 7 nitrogen and oxygen atoms in total. The van der Waals surface area contributed by atoms with Crippen molar-refractivity contribution in [2.75, 3.05) is 5.32 Å². The molecular formula is C23H26N6O. The van der Waals surface area contributed by atoms with Gasteiger partial charge in [0, 0.05) is 47.7 Å². The second-order valence-electron chi connectivity index (χ2n) is 8.41. The van der Waals surface area contributed by atoms with Crippen LogP contribution in [0, 0.1) is 6.92 Å². The Labute approximate surface area is 175 Å². The standard InChI is InChI=1S/C23H26N6O/c1-15-14-21(27-23(25-15)17-2-3-17)26-18-4-6-19(7-5-18)29-22(30)9-8-20(28-29)16-10-12-24-13-11-16/h8-14,17-19H,2-7H2,1H3,(H,25,26,27). The fourth-order valence-corrected chi connectivity index (χ4v) is 4.23. The van der Waals surface area contributed by atoms with Crippen molar-refractivity contribution >= 4 is 5.82 Å². The van der Waals surface area contributed by atoms with Crippen LogP contribution in [0.5, 0.6) is 0 Å². The molecule has 0 unspecified atom stereocenters. The van der Waals surface area contributed by atoms with Crippen LogP contribution in [0.2, 0.25) is 0 Å². The third kappa shape index (κ3) is 4.10. The fourth-order valence-electron chi connectivity index (χ4n) is 4.23. The maximum atomic E-state index is 12.5. The Morgan fingerprint density at radius 3 is 2.47 bits per heavy atom. The Bertz CT molecular complexity index is 1080. The number of pyridine rings is 1. The first-order valence-corrected chi connectivity index (χ1v) is 10.8. The summed E-state index contributed by atoms with van der Waals surface area (Å²) in [7, 11) is 0. The topological polar surface area (TPSA) is 85.6 Å². The van der Waals surface area contributed by atoms with Crippen LogP contribution in [0.4, 0.5) is 5.82 Å². The first-order chi connectivity index (χ1) is 14.7. The zero-order chi connectivity index (χ0) is 20.5. The van der Waals surface area contributed by atoms with Crippen molar-refractivity contribution in [3.8, 4) is 11.3 Å². The SMILES string of the molecule is Cc1cc(NC2CCC(n3nc(-c4ccncc4)ccc3=O)CC2)nc(C2CC2)n1. The average molecular weight is 403 g/mol. The molecule has 154 valence electrons. The normalized spacial score (nSPS) is 21.4. The predicted molar refractivity (Wildman–Crippen MR) is 115 cm³/mol. The molecule has 0 spiro atoms. The van der Waals surface area contributed by atoms with Gasteiger partial charge in [-0.25, -0.2) is 14.6 Å². The Morgan fingerprint density at radius 1 is 0.967 bits per heavy atom. The minimum atomic E-state index is -0.0373. The molecule has 30 heavy (non-hydrogen) atoms. The van der Waals surface area contributed by atoms with E-state index in [1.807, 2.05) is 25.1 Å². The Hall–Kier alpha value is -3.09.